The van der Waals surface area contributed by atoms with Crippen LogP contribution < -0.4 is 0 Å². The third-order valence-corrected chi connectivity index (χ3v) is 2.97. The molecule has 1 fully saturated rings. The minimum absolute atomic E-state index is 0.285. The van der Waals surface area contributed by atoms with Gasteiger partial charge in [-0.25, -0.2) is 0 Å². The van der Waals surface area contributed by atoms with E-state index in [1.807, 2.05) is 42.5 Å². The van der Waals surface area contributed by atoms with E-state index in [1.165, 1.54) is 0 Å². The third kappa shape index (κ3) is 2.49. The van der Waals surface area contributed by atoms with Crippen LogP contribution in [0.4, 0.5) is 0 Å². The zero-order chi connectivity index (χ0) is 12.2. The molecule has 1 aromatic heterocycles. The topological polar surface area (TPSA) is 48.2 Å². The molecule has 4 heteroatoms. The molecule has 0 saturated carbocycles. The van der Waals surface area contributed by atoms with Crippen molar-refractivity contribution >= 4 is 12.2 Å². The summed E-state index contributed by atoms with van der Waals surface area (Å²) in [4.78, 5) is 4.36. The predicted molar refractivity (Wildman–Crippen MR) is 67.8 cm³/mol. The van der Waals surface area contributed by atoms with Crippen molar-refractivity contribution in [2.45, 2.75) is 12.3 Å². The molecule has 2 aromatic rings. The van der Waals surface area contributed by atoms with Gasteiger partial charge in [0.2, 0.25) is 0 Å². The Balaban J connectivity index is 1.72. The first-order valence-corrected chi connectivity index (χ1v) is 6.06. The number of benzene rings is 1. The number of aromatic nitrogens is 2. The Hall–Kier alpha value is -1.94. The maximum Gasteiger partial charge on any atom is 0.250 e. The highest BCUT2D eigenvalue weighted by atomic mass is 16.5. The fourth-order valence-electron chi connectivity index (χ4n) is 1.95. The van der Waals surface area contributed by atoms with Crippen LogP contribution in [-0.2, 0) is 4.74 Å². The zero-order valence-electron chi connectivity index (χ0n) is 9.95. The fourth-order valence-corrected chi connectivity index (χ4v) is 1.95. The Kier molecular flexibility index (Phi) is 3.19. The van der Waals surface area contributed by atoms with Crippen LogP contribution in [0.1, 0.15) is 29.6 Å². The van der Waals surface area contributed by atoms with Crippen LogP contribution in [0, 0.1) is 0 Å². The molecule has 0 N–H and O–H groups in total. The lowest BCUT2D eigenvalue weighted by Gasteiger charge is -1.97. The second-order valence-corrected chi connectivity index (χ2v) is 4.30. The van der Waals surface area contributed by atoms with Gasteiger partial charge in [-0.1, -0.05) is 35.5 Å². The Morgan fingerprint density at radius 1 is 1.17 bits per heavy atom. The Labute approximate surface area is 105 Å². The molecule has 4 nitrogen and oxygen atoms in total. The van der Waals surface area contributed by atoms with Gasteiger partial charge in [0.05, 0.1) is 6.61 Å². The molecule has 0 spiro atoms. The summed E-state index contributed by atoms with van der Waals surface area (Å²) >= 11 is 0. The maximum absolute atomic E-state index is 5.31. The Morgan fingerprint density at radius 3 is 2.83 bits per heavy atom. The molecule has 0 bridgehead atoms. The standard InChI is InChI=1S/C14H14N2O2/c1-2-4-11(5-3-1)6-7-13-15-14(16-18-13)12-8-9-17-10-12/h1-7,12H,8-10H2. The molecule has 2 heterocycles. The Bertz CT molecular complexity index is 528. The molecule has 0 radical (unpaired) electrons. The summed E-state index contributed by atoms with van der Waals surface area (Å²) < 4.78 is 10.5. The van der Waals surface area contributed by atoms with Crippen LogP contribution in [0.2, 0.25) is 0 Å². The zero-order valence-corrected chi connectivity index (χ0v) is 9.95. The Morgan fingerprint density at radius 2 is 2.06 bits per heavy atom. The van der Waals surface area contributed by atoms with Gasteiger partial charge < -0.3 is 9.26 Å². The smallest absolute Gasteiger partial charge is 0.250 e. The number of hydrogen-bond donors (Lipinski definition) is 0. The van der Waals surface area contributed by atoms with Crippen molar-refractivity contribution in [2.24, 2.45) is 0 Å². The average molecular weight is 242 g/mol. The molecule has 1 aromatic carbocycles. The molecule has 1 atom stereocenters. The normalized spacial score (nSPS) is 19.7. The lowest BCUT2D eigenvalue weighted by atomic mass is 10.1. The van der Waals surface area contributed by atoms with Crippen molar-refractivity contribution in [3.8, 4) is 0 Å². The van der Waals surface area contributed by atoms with Crippen LogP contribution >= 0.6 is 0 Å². The summed E-state index contributed by atoms with van der Waals surface area (Å²) in [5, 5.41) is 3.99. The third-order valence-electron chi connectivity index (χ3n) is 2.97. The van der Waals surface area contributed by atoms with E-state index in [-0.39, 0.29) is 5.92 Å². The lowest BCUT2D eigenvalue weighted by molar-refractivity contribution is 0.192. The minimum atomic E-state index is 0.285. The highest BCUT2D eigenvalue weighted by Crippen LogP contribution is 2.22. The van der Waals surface area contributed by atoms with E-state index in [9.17, 15) is 0 Å². The molecule has 1 unspecified atom stereocenters. The summed E-state index contributed by atoms with van der Waals surface area (Å²) in [6.45, 7) is 1.48. The molecule has 1 aliphatic heterocycles. The van der Waals surface area contributed by atoms with Gasteiger partial charge in [-0.15, -0.1) is 0 Å². The van der Waals surface area contributed by atoms with E-state index in [0.717, 1.165) is 24.4 Å². The maximum atomic E-state index is 5.31. The van der Waals surface area contributed by atoms with E-state index in [2.05, 4.69) is 10.1 Å². The van der Waals surface area contributed by atoms with Gasteiger partial charge in [-0.3, -0.25) is 0 Å². The second kappa shape index (κ2) is 5.14. The molecule has 0 aliphatic carbocycles. The van der Waals surface area contributed by atoms with Gasteiger partial charge in [0.15, 0.2) is 5.82 Å². The highest BCUT2D eigenvalue weighted by Gasteiger charge is 2.22. The van der Waals surface area contributed by atoms with E-state index in [4.69, 9.17) is 9.26 Å². The van der Waals surface area contributed by atoms with E-state index < -0.39 is 0 Å². The summed E-state index contributed by atoms with van der Waals surface area (Å²) in [6.07, 6.45) is 4.77. The number of rotatable bonds is 3. The van der Waals surface area contributed by atoms with Crippen molar-refractivity contribution in [1.29, 1.82) is 0 Å². The van der Waals surface area contributed by atoms with Crippen molar-refractivity contribution in [2.75, 3.05) is 13.2 Å². The van der Waals surface area contributed by atoms with Crippen LogP contribution in [-0.4, -0.2) is 23.4 Å². The monoisotopic (exact) mass is 242 g/mol. The summed E-state index contributed by atoms with van der Waals surface area (Å²) in [6, 6.07) is 10.0. The first-order chi connectivity index (χ1) is 8.92. The average Bonchev–Trinajstić information content (AvgIpc) is 3.08. The summed E-state index contributed by atoms with van der Waals surface area (Å²) in [5.74, 6) is 1.58. The van der Waals surface area contributed by atoms with Gasteiger partial charge in [0.25, 0.3) is 5.89 Å². The molecule has 0 amide bonds. The van der Waals surface area contributed by atoms with Gasteiger partial charge in [-0.05, 0) is 18.1 Å². The number of hydrogen-bond acceptors (Lipinski definition) is 4. The molecular formula is C14H14N2O2. The van der Waals surface area contributed by atoms with Crippen LogP contribution in [0.5, 0.6) is 0 Å². The largest absolute Gasteiger partial charge is 0.381 e. The second-order valence-electron chi connectivity index (χ2n) is 4.30. The molecule has 92 valence electrons. The SMILES string of the molecule is C(=Cc1nc(C2CCOC2)no1)c1ccccc1. The van der Waals surface area contributed by atoms with Crippen molar-refractivity contribution in [3.05, 3.63) is 47.6 Å². The molecule has 18 heavy (non-hydrogen) atoms. The highest BCUT2D eigenvalue weighted by molar-refractivity contribution is 5.65. The van der Waals surface area contributed by atoms with Gasteiger partial charge in [0.1, 0.15) is 0 Å². The molecular weight excluding hydrogens is 228 g/mol. The molecule has 3 rings (SSSR count). The van der Waals surface area contributed by atoms with E-state index in [1.54, 1.807) is 0 Å². The molecule has 1 aliphatic rings. The van der Waals surface area contributed by atoms with Crippen LogP contribution in [0.25, 0.3) is 12.2 Å². The minimum Gasteiger partial charge on any atom is -0.381 e. The fraction of sp³-hybridized carbons (Fsp3) is 0.286. The number of ether oxygens (including phenoxy) is 1. The van der Waals surface area contributed by atoms with Crippen molar-refractivity contribution in [1.82, 2.24) is 10.1 Å². The van der Waals surface area contributed by atoms with E-state index >= 15 is 0 Å². The first kappa shape index (κ1) is 11.2. The molecule has 1 saturated heterocycles. The van der Waals surface area contributed by atoms with Crippen molar-refractivity contribution in [3.63, 3.8) is 0 Å². The lowest BCUT2D eigenvalue weighted by Crippen LogP contribution is -1.99. The number of nitrogens with zero attached hydrogens (tertiary/aromatic N) is 2. The van der Waals surface area contributed by atoms with Crippen molar-refractivity contribution < 1.29 is 9.26 Å². The predicted octanol–water partition coefficient (Wildman–Crippen LogP) is 2.74. The van der Waals surface area contributed by atoms with Crippen LogP contribution in [0.15, 0.2) is 34.9 Å². The van der Waals surface area contributed by atoms with Gasteiger partial charge >= 0.3 is 0 Å². The summed E-state index contributed by atoms with van der Waals surface area (Å²) in [7, 11) is 0. The van der Waals surface area contributed by atoms with Gasteiger partial charge in [-0.2, -0.15) is 4.98 Å². The van der Waals surface area contributed by atoms with Crippen LogP contribution in [0.3, 0.4) is 0 Å². The summed E-state index contributed by atoms with van der Waals surface area (Å²) in [5.41, 5.74) is 1.11. The van der Waals surface area contributed by atoms with Gasteiger partial charge in [0, 0.05) is 18.6 Å². The first-order valence-electron chi connectivity index (χ1n) is 6.06. The quantitative estimate of drug-likeness (QED) is 0.830. The van der Waals surface area contributed by atoms with E-state index in [0.29, 0.717) is 12.5 Å².